The van der Waals surface area contributed by atoms with Gasteiger partial charge >= 0.3 is 6.09 Å². The molecule has 0 aliphatic carbocycles. The van der Waals surface area contributed by atoms with E-state index in [9.17, 15) is 4.79 Å². The van der Waals surface area contributed by atoms with Crippen molar-refractivity contribution in [1.29, 1.82) is 0 Å². The lowest BCUT2D eigenvalue weighted by atomic mass is 10.00. The average Bonchev–Trinajstić information content (AvgIpc) is 1.97. The first kappa shape index (κ1) is 14.2. The Bertz CT molecular complexity index is 219. The number of carbonyl (C=O) groups is 1. The molecule has 15 heavy (non-hydrogen) atoms. The normalized spacial score (nSPS) is 12.7. The molecular weight excluding hydrogens is 192 g/mol. The summed E-state index contributed by atoms with van der Waals surface area (Å²) in [4.78, 5) is 12.6. The highest BCUT2D eigenvalue weighted by Crippen LogP contribution is 2.17. The Balaban J connectivity index is 4.63. The van der Waals surface area contributed by atoms with E-state index < -0.39 is 6.09 Å². The van der Waals surface area contributed by atoms with E-state index >= 15 is 0 Å². The second kappa shape index (κ2) is 4.84. The predicted octanol–water partition coefficient (Wildman–Crippen LogP) is 2.15. The summed E-state index contributed by atoms with van der Waals surface area (Å²) < 4.78 is 0. The molecule has 0 saturated carbocycles. The van der Waals surface area contributed by atoms with Gasteiger partial charge in [-0.3, -0.25) is 0 Å². The number of likely N-dealkylation sites (N-methyl/N-ethyl adjacent to an activating group) is 1. The van der Waals surface area contributed by atoms with E-state index in [1.54, 1.807) is 0 Å². The van der Waals surface area contributed by atoms with Gasteiger partial charge < -0.3 is 15.3 Å². The van der Waals surface area contributed by atoms with Crippen molar-refractivity contribution in [3.63, 3.8) is 0 Å². The smallest absolute Gasteiger partial charge is 0.407 e. The number of nitrogens with zero attached hydrogens (tertiary/aromatic N) is 1. The van der Waals surface area contributed by atoms with Crippen LogP contribution < -0.4 is 5.32 Å². The molecule has 0 saturated heterocycles. The van der Waals surface area contributed by atoms with Crippen molar-refractivity contribution in [1.82, 2.24) is 10.2 Å². The monoisotopic (exact) mass is 216 g/mol. The van der Waals surface area contributed by atoms with Crippen molar-refractivity contribution in [2.75, 3.05) is 13.1 Å². The first-order valence-electron chi connectivity index (χ1n) is 5.36. The van der Waals surface area contributed by atoms with Crippen LogP contribution in [-0.2, 0) is 0 Å². The third kappa shape index (κ3) is 5.02. The molecule has 90 valence electrons. The van der Waals surface area contributed by atoms with Crippen molar-refractivity contribution in [2.24, 2.45) is 0 Å². The lowest BCUT2D eigenvalue weighted by Gasteiger charge is -2.39. The SMILES string of the molecule is CCNC(C)(C)CN(C(=O)O)C(C)(C)C. The van der Waals surface area contributed by atoms with E-state index in [1.807, 2.05) is 41.5 Å². The summed E-state index contributed by atoms with van der Waals surface area (Å²) in [6.45, 7) is 13.1. The zero-order chi connectivity index (χ0) is 12.3. The van der Waals surface area contributed by atoms with Gasteiger partial charge in [0, 0.05) is 17.6 Å². The zero-order valence-corrected chi connectivity index (χ0v) is 10.7. The summed E-state index contributed by atoms with van der Waals surface area (Å²) in [5.41, 5.74) is -0.557. The van der Waals surface area contributed by atoms with Gasteiger partial charge in [0.05, 0.1) is 0 Å². The first-order chi connectivity index (χ1) is 6.60. The number of rotatable bonds is 4. The van der Waals surface area contributed by atoms with Crippen molar-refractivity contribution < 1.29 is 9.90 Å². The minimum absolute atomic E-state index is 0.194. The Morgan fingerprint density at radius 1 is 1.27 bits per heavy atom. The number of amides is 1. The maximum absolute atomic E-state index is 11.1. The fraction of sp³-hybridized carbons (Fsp3) is 0.909. The van der Waals surface area contributed by atoms with E-state index in [0.29, 0.717) is 6.54 Å². The van der Waals surface area contributed by atoms with Crippen LogP contribution in [0.2, 0.25) is 0 Å². The van der Waals surface area contributed by atoms with Crippen LogP contribution in [0.25, 0.3) is 0 Å². The van der Waals surface area contributed by atoms with Crippen LogP contribution in [0, 0.1) is 0 Å². The summed E-state index contributed by atoms with van der Waals surface area (Å²) in [7, 11) is 0. The van der Waals surface area contributed by atoms with Crippen LogP contribution in [0.4, 0.5) is 4.79 Å². The molecule has 0 aromatic heterocycles. The third-order valence-corrected chi connectivity index (χ3v) is 2.25. The van der Waals surface area contributed by atoms with Gasteiger partial charge in [-0.25, -0.2) is 4.79 Å². The number of hydrogen-bond donors (Lipinski definition) is 2. The molecule has 0 radical (unpaired) electrons. The van der Waals surface area contributed by atoms with Gasteiger partial charge in [-0.05, 0) is 41.2 Å². The molecule has 0 aliphatic rings. The van der Waals surface area contributed by atoms with E-state index in [-0.39, 0.29) is 11.1 Å². The second-order valence-electron chi connectivity index (χ2n) is 5.45. The molecular formula is C11H24N2O2. The Kier molecular flexibility index (Phi) is 4.59. The maximum atomic E-state index is 11.1. The minimum atomic E-state index is -0.867. The van der Waals surface area contributed by atoms with Gasteiger partial charge in [-0.1, -0.05) is 6.92 Å². The van der Waals surface area contributed by atoms with E-state index in [0.717, 1.165) is 6.54 Å². The van der Waals surface area contributed by atoms with Gasteiger partial charge in [0.1, 0.15) is 0 Å². The molecule has 0 fully saturated rings. The van der Waals surface area contributed by atoms with Gasteiger partial charge in [0.25, 0.3) is 0 Å². The highest BCUT2D eigenvalue weighted by atomic mass is 16.4. The van der Waals surface area contributed by atoms with Gasteiger partial charge in [0.15, 0.2) is 0 Å². The molecule has 4 heteroatoms. The Hall–Kier alpha value is -0.770. The Morgan fingerprint density at radius 2 is 1.73 bits per heavy atom. The zero-order valence-electron chi connectivity index (χ0n) is 10.7. The van der Waals surface area contributed by atoms with Crippen LogP contribution in [0.15, 0.2) is 0 Å². The number of carboxylic acid groups (broad SMARTS) is 1. The van der Waals surface area contributed by atoms with Crippen molar-refractivity contribution >= 4 is 6.09 Å². The molecule has 0 bridgehead atoms. The summed E-state index contributed by atoms with van der Waals surface area (Å²) in [6.07, 6.45) is -0.867. The fourth-order valence-electron chi connectivity index (χ4n) is 1.52. The molecule has 0 aromatic carbocycles. The Labute approximate surface area is 92.7 Å². The highest BCUT2D eigenvalue weighted by Gasteiger charge is 2.31. The summed E-state index contributed by atoms with van der Waals surface area (Å²) in [5, 5.41) is 12.4. The molecule has 1 amide bonds. The third-order valence-electron chi connectivity index (χ3n) is 2.25. The Morgan fingerprint density at radius 3 is 2.00 bits per heavy atom. The van der Waals surface area contributed by atoms with Crippen LogP contribution in [0.1, 0.15) is 41.5 Å². The van der Waals surface area contributed by atoms with Crippen molar-refractivity contribution in [3.8, 4) is 0 Å². The summed E-state index contributed by atoms with van der Waals surface area (Å²) in [6, 6.07) is 0. The van der Waals surface area contributed by atoms with Crippen molar-refractivity contribution in [3.05, 3.63) is 0 Å². The molecule has 0 rings (SSSR count). The molecule has 0 aromatic rings. The number of hydrogen-bond acceptors (Lipinski definition) is 2. The van der Waals surface area contributed by atoms with Gasteiger partial charge in [-0.2, -0.15) is 0 Å². The van der Waals surface area contributed by atoms with E-state index in [1.165, 1.54) is 4.90 Å². The minimum Gasteiger partial charge on any atom is -0.465 e. The molecule has 0 unspecified atom stereocenters. The van der Waals surface area contributed by atoms with Gasteiger partial charge in [-0.15, -0.1) is 0 Å². The van der Waals surface area contributed by atoms with E-state index in [4.69, 9.17) is 5.11 Å². The summed E-state index contributed by atoms with van der Waals surface area (Å²) in [5.74, 6) is 0. The first-order valence-corrected chi connectivity index (χ1v) is 5.36. The van der Waals surface area contributed by atoms with Crippen LogP contribution in [0.5, 0.6) is 0 Å². The lowest BCUT2D eigenvalue weighted by molar-refractivity contribution is 0.0821. The molecule has 0 aliphatic heterocycles. The maximum Gasteiger partial charge on any atom is 0.407 e. The predicted molar refractivity (Wildman–Crippen MR) is 62.2 cm³/mol. The van der Waals surface area contributed by atoms with E-state index in [2.05, 4.69) is 5.32 Å². The van der Waals surface area contributed by atoms with Crippen molar-refractivity contribution in [2.45, 2.75) is 52.6 Å². The van der Waals surface area contributed by atoms with Gasteiger partial charge in [0.2, 0.25) is 0 Å². The topological polar surface area (TPSA) is 52.6 Å². The molecule has 0 spiro atoms. The summed E-state index contributed by atoms with van der Waals surface area (Å²) >= 11 is 0. The van der Waals surface area contributed by atoms with Crippen LogP contribution in [-0.4, -0.2) is 40.3 Å². The molecule has 4 nitrogen and oxygen atoms in total. The second-order valence-corrected chi connectivity index (χ2v) is 5.45. The van der Waals surface area contributed by atoms with Crippen LogP contribution in [0.3, 0.4) is 0 Å². The molecule has 0 heterocycles. The number of nitrogens with one attached hydrogen (secondary N) is 1. The fourth-order valence-corrected chi connectivity index (χ4v) is 1.52. The standard InChI is InChI=1S/C11H24N2O2/c1-7-12-11(5,6)8-13(9(14)15)10(2,3)4/h12H,7-8H2,1-6H3,(H,14,15). The average molecular weight is 216 g/mol. The van der Waals surface area contributed by atoms with Crippen LogP contribution >= 0.6 is 0 Å². The largest absolute Gasteiger partial charge is 0.465 e. The quantitative estimate of drug-likeness (QED) is 0.757. The highest BCUT2D eigenvalue weighted by molar-refractivity contribution is 5.66. The molecule has 2 N–H and O–H groups in total. The molecule has 0 atom stereocenters. The lowest BCUT2D eigenvalue weighted by Crippen LogP contribution is -2.56.